The van der Waals surface area contributed by atoms with Crippen molar-refractivity contribution in [2.24, 2.45) is 0 Å². The Kier molecular flexibility index (Phi) is 6.05. The SMILES string of the molecule is CN(C)C(=O)C[C@@H](NC(=O)Nc1ccc(F)cc1F)c1ccccc1. The van der Waals surface area contributed by atoms with Gasteiger partial charge in [-0.15, -0.1) is 0 Å². The summed E-state index contributed by atoms with van der Waals surface area (Å²) in [6.45, 7) is 0. The maximum atomic E-state index is 13.6. The number of carbonyl (C=O) groups excluding carboxylic acids is 2. The smallest absolute Gasteiger partial charge is 0.319 e. The van der Waals surface area contributed by atoms with Crippen LogP contribution in [0.4, 0.5) is 19.3 Å². The second-order valence-corrected chi connectivity index (χ2v) is 5.68. The fourth-order valence-corrected chi connectivity index (χ4v) is 2.20. The van der Waals surface area contributed by atoms with Gasteiger partial charge in [-0.1, -0.05) is 30.3 Å². The second kappa shape index (κ2) is 8.23. The third-order valence-electron chi connectivity index (χ3n) is 3.56. The first-order valence-corrected chi connectivity index (χ1v) is 7.64. The molecule has 0 aliphatic heterocycles. The van der Waals surface area contributed by atoms with Crippen LogP contribution in [0.2, 0.25) is 0 Å². The molecule has 0 saturated carbocycles. The maximum absolute atomic E-state index is 13.6. The average molecular weight is 347 g/mol. The number of hydrogen-bond donors (Lipinski definition) is 2. The monoisotopic (exact) mass is 347 g/mol. The summed E-state index contributed by atoms with van der Waals surface area (Å²) in [5, 5.41) is 4.97. The van der Waals surface area contributed by atoms with Gasteiger partial charge in [-0.3, -0.25) is 4.79 Å². The van der Waals surface area contributed by atoms with Crippen LogP contribution in [0.5, 0.6) is 0 Å². The minimum atomic E-state index is -0.879. The molecule has 0 aliphatic carbocycles. The van der Waals surface area contributed by atoms with Crippen LogP contribution in [0.3, 0.4) is 0 Å². The van der Waals surface area contributed by atoms with Gasteiger partial charge >= 0.3 is 6.03 Å². The molecule has 0 bridgehead atoms. The molecule has 0 unspecified atom stereocenters. The van der Waals surface area contributed by atoms with Gasteiger partial charge in [0.2, 0.25) is 5.91 Å². The molecule has 25 heavy (non-hydrogen) atoms. The lowest BCUT2D eigenvalue weighted by atomic mass is 10.0. The molecule has 0 saturated heterocycles. The molecular weight excluding hydrogens is 328 g/mol. The molecule has 7 heteroatoms. The normalized spacial score (nSPS) is 11.5. The minimum absolute atomic E-state index is 0.0519. The number of rotatable bonds is 5. The quantitative estimate of drug-likeness (QED) is 0.872. The van der Waals surface area contributed by atoms with Crippen molar-refractivity contribution in [1.82, 2.24) is 10.2 Å². The van der Waals surface area contributed by atoms with E-state index in [1.54, 1.807) is 38.4 Å². The molecule has 0 aliphatic rings. The van der Waals surface area contributed by atoms with Crippen molar-refractivity contribution >= 4 is 17.6 Å². The van der Waals surface area contributed by atoms with Crippen LogP contribution in [0.15, 0.2) is 48.5 Å². The van der Waals surface area contributed by atoms with E-state index in [0.717, 1.165) is 17.7 Å². The van der Waals surface area contributed by atoms with E-state index in [2.05, 4.69) is 10.6 Å². The predicted octanol–water partition coefficient (Wildman–Crippen LogP) is 3.31. The molecule has 2 rings (SSSR count). The van der Waals surface area contributed by atoms with E-state index in [1.165, 1.54) is 4.90 Å². The summed E-state index contributed by atoms with van der Waals surface area (Å²) in [6, 6.07) is 10.6. The number of nitrogens with one attached hydrogen (secondary N) is 2. The summed E-state index contributed by atoms with van der Waals surface area (Å²) in [4.78, 5) is 25.6. The van der Waals surface area contributed by atoms with Gasteiger partial charge in [0.05, 0.1) is 18.2 Å². The first-order valence-electron chi connectivity index (χ1n) is 7.64. The Morgan fingerprint density at radius 2 is 1.76 bits per heavy atom. The summed E-state index contributed by atoms with van der Waals surface area (Å²) < 4.78 is 26.6. The van der Waals surface area contributed by atoms with E-state index in [0.29, 0.717) is 6.07 Å². The Bertz CT molecular complexity index is 751. The third-order valence-corrected chi connectivity index (χ3v) is 3.56. The van der Waals surface area contributed by atoms with Crippen molar-refractivity contribution < 1.29 is 18.4 Å². The number of carbonyl (C=O) groups is 2. The van der Waals surface area contributed by atoms with Crippen LogP contribution in [-0.2, 0) is 4.79 Å². The summed E-state index contributed by atoms with van der Waals surface area (Å²) in [7, 11) is 3.25. The summed E-state index contributed by atoms with van der Waals surface area (Å²) in [6.07, 6.45) is 0.0519. The lowest BCUT2D eigenvalue weighted by Crippen LogP contribution is -2.36. The van der Waals surface area contributed by atoms with Crippen LogP contribution in [0.25, 0.3) is 0 Å². The average Bonchev–Trinajstić information content (AvgIpc) is 2.57. The van der Waals surface area contributed by atoms with Crippen molar-refractivity contribution in [2.45, 2.75) is 12.5 Å². The van der Waals surface area contributed by atoms with E-state index in [1.807, 2.05) is 6.07 Å². The van der Waals surface area contributed by atoms with Gasteiger partial charge in [0, 0.05) is 20.2 Å². The lowest BCUT2D eigenvalue weighted by molar-refractivity contribution is -0.129. The Hall–Kier alpha value is -2.96. The molecule has 0 aromatic heterocycles. The molecule has 0 spiro atoms. The first kappa shape index (κ1) is 18.4. The Morgan fingerprint density at radius 1 is 1.08 bits per heavy atom. The molecule has 0 heterocycles. The topological polar surface area (TPSA) is 61.4 Å². The fraction of sp³-hybridized carbons (Fsp3) is 0.222. The van der Waals surface area contributed by atoms with E-state index < -0.39 is 23.7 Å². The number of urea groups is 1. The Balaban J connectivity index is 2.12. The van der Waals surface area contributed by atoms with Gasteiger partial charge in [0.25, 0.3) is 0 Å². The van der Waals surface area contributed by atoms with Gasteiger partial charge < -0.3 is 15.5 Å². The zero-order chi connectivity index (χ0) is 18.4. The molecule has 2 aromatic carbocycles. The fourth-order valence-electron chi connectivity index (χ4n) is 2.20. The van der Waals surface area contributed by atoms with Gasteiger partial charge in [-0.2, -0.15) is 0 Å². The van der Waals surface area contributed by atoms with E-state index in [-0.39, 0.29) is 18.0 Å². The first-order chi connectivity index (χ1) is 11.9. The number of amides is 3. The highest BCUT2D eigenvalue weighted by Crippen LogP contribution is 2.19. The van der Waals surface area contributed by atoms with Crippen molar-refractivity contribution in [3.05, 3.63) is 65.7 Å². The number of halogens is 2. The third kappa shape index (κ3) is 5.27. The zero-order valence-corrected chi connectivity index (χ0v) is 13.9. The standard InChI is InChI=1S/C18H19F2N3O2/c1-23(2)17(24)11-16(12-6-4-3-5-7-12)22-18(25)21-15-9-8-13(19)10-14(15)20/h3-10,16H,11H2,1-2H3,(H2,21,22,25)/t16-/m1/s1. The predicted molar refractivity (Wildman–Crippen MR) is 91.0 cm³/mol. The zero-order valence-electron chi connectivity index (χ0n) is 13.9. The van der Waals surface area contributed by atoms with Gasteiger partial charge in [-0.25, -0.2) is 13.6 Å². The van der Waals surface area contributed by atoms with Gasteiger partial charge in [0.15, 0.2) is 0 Å². The van der Waals surface area contributed by atoms with E-state index >= 15 is 0 Å². The molecule has 1 atom stereocenters. The van der Waals surface area contributed by atoms with Crippen molar-refractivity contribution in [3.63, 3.8) is 0 Å². The number of nitrogens with zero attached hydrogens (tertiary/aromatic N) is 1. The Morgan fingerprint density at radius 3 is 2.36 bits per heavy atom. The van der Waals surface area contributed by atoms with Crippen LogP contribution < -0.4 is 10.6 Å². The van der Waals surface area contributed by atoms with Gasteiger partial charge in [0.1, 0.15) is 11.6 Å². The summed E-state index contributed by atoms with van der Waals surface area (Å²) in [5.74, 6) is -1.78. The molecular formula is C18H19F2N3O2. The van der Waals surface area contributed by atoms with Crippen molar-refractivity contribution in [2.75, 3.05) is 19.4 Å². The highest BCUT2D eigenvalue weighted by Gasteiger charge is 2.20. The molecule has 2 aromatic rings. The number of anilines is 1. The van der Waals surface area contributed by atoms with Gasteiger partial charge in [-0.05, 0) is 17.7 Å². The van der Waals surface area contributed by atoms with E-state index in [9.17, 15) is 18.4 Å². The molecule has 0 fully saturated rings. The highest BCUT2D eigenvalue weighted by molar-refractivity contribution is 5.90. The van der Waals surface area contributed by atoms with Crippen LogP contribution >= 0.6 is 0 Å². The molecule has 132 valence electrons. The largest absolute Gasteiger partial charge is 0.349 e. The summed E-state index contributed by atoms with van der Waals surface area (Å²) in [5.41, 5.74) is 0.595. The number of benzene rings is 2. The van der Waals surface area contributed by atoms with E-state index in [4.69, 9.17) is 0 Å². The maximum Gasteiger partial charge on any atom is 0.319 e. The summed E-state index contributed by atoms with van der Waals surface area (Å²) >= 11 is 0. The molecule has 5 nitrogen and oxygen atoms in total. The number of hydrogen-bond acceptors (Lipinski definition) is 2. The minimum Gasteiger partial charge on any atom is -0.349 e. The lowest BCUT2D eigenvalue weighted by Gasteiger charge is -2.21. The highest BCUT2D eigenvalue weighted by atomic mass is 19.1. The van der Waals surface area contributed by atoms with Crippen LogP contribution in [0.1, 0.15) is 18.0 Å². The van der Waals surface area contributed by atoms with Crippen molar-refractivity contribution in [3.8, 4) is 0 Å². The second-order valence-electron chi connectivity index (χ2n) is 5.68. The molecule has 2 N–H and O–H groups in total. The molecule has 0 radical (unpaired) electrons. The Labute approximate surface area is 144 Å². The van der Waals surface area contributed by atoms with Crippen molar-refractivity contribution in [1.29, 1.82) is 0 Å². The molecule has 3 amide bonds. The van der Waals surface area contributed by atoms with Crippen LogP contribution in [-0.4, -0.2) is 30.9 Å². The van der Waals surface area contributed by atoms with Crippen LogP contribution in [0, 0.1) is 11.6 Å².